The number of thioether (sulfide) groups is 1. The number of aliphatic hydroxyl groups is 1. The summed E-state index contributed by atoms with van der Waals surface area (Å²) >= 11 is 1.69. The van der Waals surface area contributed by atoms with E-state index in [1.54, 1.807) is 38.6 Å². The molecule has 3 aliphatic rings. The number of rotatable bonds is 13. The molecule has 8 heteroatoms. The van der Waals surface area contributed by atoms with Crippen LogP contribution in [0.4, 0.5) is 5.69 Å². The maximum atomic E-state index is 14.9. The van der Waals surface area contributed by atoms with Crippen molar-refractivity contribution in [3.8, 4) is 0 Å². The number of fused-ring (bicyclic) bond motifs is 2. The molecule has 1 N–H and O–H groups in total. The maximum Gasteiger partial charge on any atom is 0.251 e. The van der Waals surface area contributed by atoms with Crippen molar-refractivity contribution in [2.24, 2.45) is 11.8 Å². The van der Waals surface area contributed by atoms with Crippen LogP contribution in [0.1, 0.15) is 31.2 Å². The summed E-state index contributed by atoms with van der Waals surface area (Å²) in [6.45, 7) is 9.34. The van der Waals surface area contributed by atoms with Gasteiger partial charge in [-0.2, -0.15) is 0 Å². The lowest BCUT2D eigenvalue weighted by molar-refractivity contribution is -0.144. The molecule has 0 radical (unpaired) electrons. The third kappa shape index (κ3) is 5.59. The van der Waals surface area contributed by atoms with Crippen LogP contribution < -0.4 is 4.90 Å². The summed E-state index contributed by atoms with van der Waals surface area (Å²) in [5.74, 6) is -1.39. The first-order chi connectivity index (χ1) is 21.9. The van der Waals surface area contributed by atoms with Gasteiger partial charge in [0.25, 0.3) is 5.91 Å². The second-order valence-electron chi connectivity index (χ2n) is 12.3. The predicted octanol–water partition coefficient (Wildman–Crippen LogP) is 5.44. The quantitative estimate of drug-likeness (QED) is 0.203. The highest BCUT2D eigenvalue weighted by Crippen LogP contribution is 2.66. The molecule has 2 unspecified atom stereocenters. The first-order valence-corrected chi connectivity index (χ1v) is 16.8. The summed E-state index contributed by atoms with van der Waals surface area (Å²) in [6.07, 6.45) is 6.05. The zero-order chi connectivity index (χ0) is 31.6. The van der Waals surface area contributed by atoms with Crippen LogP contribution in [0.5, 0.6) is 0 Å². The van der Waals surface area contributed by atoms with Crippen LogP contribution in [0.15, 0.2) is 98.1 Å². The lowest BCUT2D eigenvalue weighted by atomic mass is 9.70. The summed E-state index contributed by atoms with van der Waals surface area (Å²) in [5.41, 5.74) is 1.77. The Kier molecular flexibility index (Phi) is 9.15. The Bertz CT molecular complexity index is 1590. The average molecular weight is 624 g/mol. The number of amides is 3. The van der Waals surface area contributed by atoms with E-state index in [1.165, 1.54) is 0 Å². The number of benzene rings is 3. The number of hydrogen-bond acceptors (Lipinski definition) is 5. The van der Waals surface area contributed by atoms with Crippen LogP contribution in [0.25, 0.3) is 10.8 Å². The van der Waals surface area contributed by atoms with Crippen molar-refractivity contribution in [3.05, 3.63) is 104 Å². The minimum atomic E-state index is -0.713. The number of carbonyl (C=O) groups excluding carboxylic acids is 3. The zero-order valence-electron chi connectivity index (χ0n) is 25.6. The van der Waals surface area contributed by atoms with Crippen molar-refractivity contribution in [2.45, 2.75) is 48.3 Å². The van der Waals surface area contributed by atoms with Crippen LogP contribution in [0.3, 0.4) is 0 Å². The van der Waals surface area contributed by atoms with Gasteiger partial charge in [0.05, 0.1) is 16.6 Å². The van der Waals surface area contributed by atoms with E-state index in [0.717, 1.165) is 28.4 Å². The summed E-state index contributed by atoms with van der Waals surface area (Å²) in [4.78, 5) is 49.0. The first-order valence-electron chi connectivity index (χ1n) is 15.9. The fourth-order valence-electron chi connectivity index (χ4n) is 7.70. The van der Waals surface area contributed by atoms with Gasteiger partial charge >= 0.3 is 0 Å². The maximum absolute atomic E-state index is 14.9. The molecule has 3 aliphatic heterocycles. The lowest BCUT2D eigenvalue weighted by Crippen LogP contribution is -2.55. The molecule has 2 bridgehead atoms. The van der Waals surface area contributed by atoms with E-state index in [-0.39, 0.29) is 29.6 Å². The number of unbranched alkanes of at least 4 members (excludes halogenated alkanes) is 1. The number of aliphatic hydroxyl groups excluding tert-OH is 1. The molecule has 3 saturated heterocycles. The van der Waals surface area contributed by atoms with E-state index in [0.29, 0.717) is 45.4 Å². The molecular formula is C37H41N3O4S. The molecule has 234 valence electrons. The van der Waals surface area contributed by atoms with Gasteiger partial charge in [0, 0.05) is 43.7 Å². The van der Waals surface area contributed by atoms with E-state index in [2.05, 4.69) is 13.2 Å². The van der Waals surface area contributed by atoms with Gasteiger partial charge in [-0.3, -0.25) is 14.4 Å². The van der Waals surface area contributed by atoms with E-state index in [4.69, 9.17) is 0 Å². The monoisotopic (exact) mass is 623 g/mol. The molecule has 7 nitrogen and oxygen atoms in total. The summed E-state index contributed by atoms with van der Waals surface area (Å²) in [6, 6.07) is 23.2. The standard InChI is InChI=1S/C37H41N3O4S/c1-3-20-38(25-26-12-6-5-7-13-26)34(42)31-30-18-19-37(45-30)32(31)35(43)40(22-10-11-23-41)33(37)36(44)39(21-4-2)29-17-16-27-14-8-9-15-28(27)24-29/h3-9,12-17,24,30-33,41H,1-2,10-11,18-23,25H2/t30-,31+,32-,33?,37?/m0/s1. The Labute approximate surface area is 269 Å². The van der Waals surface area contributed by atoms with Crippen LogP contribution in [0.2, 0.25) is 0 Å². The Balaban J connectivity index is 1.37. The number of carbonyl (C=O) groups is 3. The van der Waals surface area contributed by atoms with Crippen LogP contribution in [-0.4, -0.2) is 74.9 Å². The fraction of sp³-hybridized carbons (Fsp3) is 0.378. The van der Waals surface area contributed by atoms with Crippen molar-refractivity contribution in [3.63, 3.8) is 0 Å². The third-order valence-corrected chi connectivity index (χ3v) is 11.6. The summed E-state index contributed by atoms with van der Waals surface area (Å²) < 4.78 is -0.693. The minimum absolute atomic E-state index is 0.0167. The normalized spacial score (nSPS) is 24.9. The van der Waals surface area contributed by atoms with E-state index in [1.807, 2.05) is 72.8 Å². The van der Waals surface area contributed by atoms with E-state index >= 15 is 0 Å². The largest absolute Gasteiger partial charge is 0.396 e. The molecule has 3 heterocycles. The number of nitrogens with zero attached hydrogens (tertiary/aromatic N) is 3. The van der Waals surface area contributed by atoms with Crippen molar-refractivity contribution in [2.75, 3.05) is 31.1 Å². The third-order valence-electron chi connectivity index (χ3n) is 9.63. The Morgan fingerprint density at radius 2 is 1.69 bits per heavy atom. The van der Waals surface area contributed by atoms with Crippen LogP contribution >= 0.6 is 11.8 Å². The lowest BCUT2D eigenvalue weighted by Gasteiger charge is -2.37. The topological polar surface area (TPSA) is 81.2 Å². The Hall–Kier alpha value is -3.88. The molecule has 3 amide bonds. The van der Waals surface area contributed by atoms with Gasteiger partial charge in [-0.25, -0.2) is 0 Å². The highest BCUT2D eigenvalue weighted by molar-refractivity contribution is 8.02. The number of hydrogen-bond donors (Lipinski definition) is 1. The van der Waals surface area contributed by atoms with Gasteiger partial charge in [0.15, 0.2) is 0 Å². The van der Waals surface area contributed by atoms with Gasteiger partial charge in [-0.1, -0.05) is 72.8 Å². The molecule has 3 aromatic carbocycles. The Morgan fingerprint density at radius 3 is 2.42 bits per heavy atom. The van der Waals surface area contributed by atoms with Crippen LogP contribution in [0, 0.1) is 11.8 Å². The fourth-order valence-corrected chi connectivity index (χ4v) is 9.90. The first kappa shape index (κ1) is 31.1. The molecule has 1 spiro atoms. The molecular weight excluding hydrogens is 582 g/mol. The van der Waals surface area contributed by atoms with Crippen molar-refractivity contribution >= 4 is 45.9 Å². The molecule has 6 rings (SSSR count). The number of likely N-dealkylation sites (tertiary alicyclic amines) is 1. The molecule has 0 aromatic heterocycles. The van der Waals surface area contributed by atoms with Gasteiger partial charge < -0.3 is 19.8 Å². The summed E-state index contributed by atoms with van der Waals surface area (Å²) in [5, 5.41) is 11.6. The molecule has 45 heavy (non-hydrogen) atoms. The summed E-state index contributed by atoms with van der Waals surface area (Å²) in [7, 11) is 0. The second kappa shape index (κ2) is 13.2. The van der Waals surface area contributed by atoms with Crippen molar-refractivity contribution < 1.29 is 19.5 Å². The van der Waals surface area contributed by atoms with Gasteiger partial charge in [-0.15, -0.1) is 24.9 Å². The van der Waals surface area contributed by atoms with Gasteiger partial charge in [0.1, 0.15) is 6.04 Å². The van der Waals surface area contributed by atoms with Crippen molar-refractivity contribution in [1.29, 1.82) is 0 Å². The average Bonchev–Trinajstić information content (AvgIpc) is 3.70. The molecule has 0 aliphatic carbocycles. The van der Waals surface area contributed by atoms with E-state index < -0.39 is 22.6 Å². The highest BCUT2D eigenvalue weighted by Gasteiger charge is 2.74. The van der Waals surface area contributed by atoms with Crippen LogP contribution in [-0.2, 0) is 20.9 Å². The smallest absolute Gasteiger partial charge is 0.251 e. The SMILES string of the molecule is C=CCN(Cc1ccccc1)C(=O)[C@@H]1[C@@H]2CCC3(S2)C(C(=O)N(CC=C)c2ccc4ccccc4c2)N(CCCCO)C(=O)[C@H]13. The Morgan fingerprint density at radius 1 is 0.956 bits per heavy atom. The second-order valence-corrected chi connectivity index (χ2v) is 13.9. The van der Waals surface area contributed by atoms with Crippen molar-refractivity contribution in [1.82, 2.24) is 9.80 Å². The zero-order valence-corrected chi connectivity index (χ0v) is 26.4. The minimum Gasteiger partial charge on any atom is -0.396 e. The highest BCUT2D eigenvalue weighted by atomic mass is 32.2. The van der Waals surface area contributed by atoms with E-state index in [9.17, 15) is 19.5 Å². The molecule has 3 fully saturated rings. The molecule has 3 aromatic rings. The molecule has 5 atom stereocenters. The van der Waals surface area contributed by atoms with Gasteiger partial charge in [0.2, 0.25) is 11.8 Å². The number of anilines is 1. The predicted molar refractivity (Wildman–Crippen MR) is 181 cm³/mol. The van der Waals surface area contributed by atoms with Gasteiger partial charge in [-0.05, 0) is 54.2 Å². The molecule has 0 saturated carbocycles.